The van der Waals surface area contributed by atoms with E-state index < -0.39 is 0 Å². The summed E-state index contributed by atoms with van der Waals surface area (Å²) in [5, 5.41) is 3.22. The standard InChI is InChI=1S/C28H29N5O2/c29-28-30-11-10-23(33-28)17-6-7-18-15-25(32-24(18)14-17)21-13-20-12-19(8-9-26(20)35-16-21)27(34)31-22-4-2-1-3-5-22/h6-12,14,21-22H,1-5,13,15-16H2,(H,31,34)(H2,29,30,33). The van der Waals surface area contributed by atoms with Crippen LogP contribution in [0.15, 0.2) is 53.7 Å². The molecule has 1 unspecified atom stereocenters. The highest BCUT2D eigenvalue weighted by molar-refractivity contribution is 5.97. The summed E-state index contributed by atoms with van der Waals surface area (Å²) in [4.78, 5) is 26.1. The van der Waals surface area contributed by atoms with Gasteiger partial charge in [-0.3, -0.25) is 9.79 Å². The molecule has 1 saturated carbocycles. The highest BCUT2D eigenvalue weighted by Crippen LogP contribution is 2.36. The summed E-state index contributed by atoms with van der Waals surface area (Å²) in [6.07, 6.45) is 9.12. The average Bonchev–Trinajstić information content (AvgIpc) is 3.32. The molecule has 2 aromatic carbocycles. The highest BCUT2D eigenvalue weighted by Gasteiger charge is 2.29. The highest BCUT2D eigenvalue weighted by atomic mass is 16.5. The number of nitrogen functional groups attached to an aromatic ring is 1. The van der Waals surface area contributed by atoms with E-state index in [9.17, 15) is 4.79 Å². The van der Waals surface area contributed by atoms with Crippen LogP contribution in [0.4, 0.5) is 11.6 Å². The first kappa shape index (κ1) is 21.8. The Labute approximate surface area is 204 Å². The van der Waals surface area contributed by atoms with Gasteiger partial charge >= 0.3 is 0 Å². The summed E-state index contributed by atoms with van der Waals surface area (Å²) in [7, 11) is 0. The van der Waals surface area contributed by atoms with Crippen molar-refractivity contribution in [1.82, 2.24) is 15.3 Å². The van der Waals surface area contributed by atoms with E-state index in [1.807, 2.05) is 24.3 Å². The molecular weight excluding hydrogens is 438 g/mol. The zero-order valence-corrected chi connectivity index (χ0v) is 19.7. The zero-order chi connectivity index (χ0) is 23.8. The van der Waals surface area contributed by atoms with Crippen LogP contribution in [0, 0.1) is 5.92 Å². The Hall–Kier alpha value is -3.74. The molecule has 1 atom stereocenters. The number of rotatable bonds is 4. The van der Waals surface area contributed by atoms with Crippen molar-refractivity contribution in [3.8, 4) is 17.0 Å². The molecule has 178 valence electrons. The lowest BCUT2D eigenvalue weighted by Crippen LogP contribution is -2.36. The number of nitrogens with zero attached hydrogens (tertiary/aromatic N) is 3. The summed E-state index contributed by atoms with van der Waals surface area (Å²) in [6, 6.07) is 14.2. The van der Waals surface area contributed by atoms with Crippen molar-refractivity contribution in [2.24, 2.45) is 10.9 Å². The van der Waals surface area contributed by atoms with Gasteiger partial charge < -0.3 is 15.8 Å². The Morgan fingerprint density at radius 1 is 1.03 bits per heavy atom. The molecule has 3 aromatic rings. The van der Waals surface area contributed by atoms with E-state index >= 15 is 0 Å². The van der Waals surface area contributed by atoms with E-state index in [1.54, 1.807) is 6.20 Å². The molecule has 0 saturated heterocycles. The Morgan fingerprint density at radius 2 is 1.91 bits per heavy atom. The number of anilines is 1. The lowest BCUT2D eigenvalue weighted by atomic mass is 9.89. The summed E-state index contributed by atoms with van der Waals surface area (Å²) >= 11 is 0. The Morgan fingerprint density at radius 3 is 2.77 bits per heavy atom. The fourth-order valence-corrected chi connectivity index (χ4v) is 5.40. The van der Waals surface area contributed by atoms with E-state index in [4.69, 9.17) is 15.5 Å². The third kappa shape index (κ3) is 4.50. The van der Waals surface area contributed by atoms with Gasteiger partial charge in [0.25, 0.3) is 5.91 Å². The molecule has 1 amide bonds. The molecule has 35 heavy (non-hydrogen) atoms. The van der Waals surface area contributed by atoms with Gasteiger partial charge in [-0.1, -0.05) is 31.4 Å². The smallest absolute Gasteiger partial charge is 0.251 e. The Bertz CT molecular complexity index is 1310. The fraction of sp³-hybridized carbons (Fsp3) is 0.357. The number of hydrogen-bond acceptors (Lipinski definition) is 6. The number of carbonyl (C=O) groups is 1. The second-order valence-corrected chi connectivity index (χ2v) is 9.77. The van der Waals surface area contributed by atoms with Gasteiger partial charge in [0, 0.05) is 41.4 Å². The first-order chi connectivity index (χ1) is 17.1. The van der Waals surface area contributed by atoms with Gasteiger partial charge in [0.15, 0.2) is 0 Å². The second kappa shape index (κ2) is 9.13. The van der Waals surface area contributed by atoms with Crippen molar-refractivity contribution in [3.05, 3.63) is 65.4 Å². The lowest BCUT2D eigenvalue weighted by Gasteiger charge is -2.26. The van der Waals surface area contributed by atoms with Crippen LogP contribution in [0.2, 0.25) is 0 Å². The van der Waals surface area contributed by atoms with Gasteiger partial charge in [-0.05, 0) is 60.7 Å². The molecule has 1 aromatic heterocycles. The summed E-state index contributed by atoms with van der Waals surface area (Å²) in [5.41, 5.74) is 12.6. The van der Waals surface area contributed by atoms with Crippen molar-refractivity contribution in [3.63, 3.8) is 0 Å². The first-order valence-electron chi connectivity index (χ1n) is 12.5. The molecule has 6 rings (SSSR count). The second-order valence-electron chi connectivity index (χ2n) is 9.77. The Kier molecular flexibility index (Phi) is 5.68. The number of fused-ring (bicyclic) bond motifs is 2. The number of nitrogens with two attached hydrogens (primary N) is 1. The molecule has 1 fully saturated rings. The SMILES string of the molecule is Nc1nccc(-c2ccc3c(c2)N=C(C2COc4ccc(C(=O)NC5CCCCC5)cc4C2)C3)n1. The lowest BCUT2D eigenvalue weighted by molar-refractivity contribution is 0.0927. The maximum absolute atomic E-state index is 12.9. The van der Waals surface area contributed by atoms with Gasteiger partial charge in [-0.15, -0.1) is 0 Å². The van der Waals surface area contributed by atoms with Crippen molar-refractivity contribution in [1.29, 1.82) is 0 Å². The van der Waals surface area contributed by atoms with E-state index in [0.717, 1.165) is 59.7 Å². The topological polar surface area (TPSA) is 102 Å². The molecule has 2 aliphatic heterocycles. The van der Waals surface area contributed by atoms with Crippen molar-refractivity contribution < 1.29 is 9.53 Å². The average molecular weight is 468 g/mol. The normalized spacial score (nSPS) is 19.3. The largest absolute Gasteiger partial charge is 0.493 e. The number of nitrogens with one attached hydrogen (secondary N) is 1. The number of hydrogen-bond donors (Lipinski definition) is 2. The maximum Gasteiger partial charge on any atom is 0.251 e. The number of benzene rings is 2. The first-order valence-corrected chi connectivity index (χ1v) is 12.5. The number of aromatic nitrogens is 2. The molecule has 7 heteroatoms. The third-order valence-electron chi connectivity index (χ3n) is 7.33. The molecule has 0 bridgehead atoms. The summed E-state index contributed by atoms with van der Waals surface area (Å²) in [6.45, 7) is 0.600. The van der Waals surface area contributed by atoms with Gasteiger partial charge in [0.2, 0.25) is 5.95 Å². The van der Waals surface area contributed by atoms with Crippen LogP contribution in [-0.4, -0.2) is 34.2 Å². The quantitative estimate of drug-likeness (QED) is 0.581. The van der Waals surface area contributed by atoms with E-state index in [1.165, 1.54) is 24.8 Å². The van der Waals surface area contributed by atoms with Crippen LogP contribution >= 0.6 is 0 Å². The van der Waals surface area contributed by atoms with Crippen LogP contribution in [0.5, 0.6) is 5.75 Å². The number of carbonyl (C=O) groups excluding carboxylic acids is 1. The fourth-order valence-electron chi connectivity index (χ4n) is 5.40. The minimum Gasteiger partial charge on any atom is -0.493 e. The van der Waals surface area contributed by atoms with Crippen molar-refractivity contribution in [2.45, 2.75) is 51.0 Å². The van der Waals surface area contributed by atoms with Gasteiger partial charge in [-0.2, -0.15) is 0 Å². The summed E-state index contributed by atoms with van der Waals surface area (Å²) < 4.78 is 6.09. The van der Waals surface area contributed by atoms with Crippen LogP contribution in [0.1, 0.15) is 53.6 Å². The van der Waals surface area contributed by atoms with Gasteiger partial charge in [-0.25, -0.2) is 9.97 Å². The Balaban J connectivity index is 1.18. The van der Waals surface area contributed by atoms with Gasteiger partial charge in [0.05, 0.1) is 18.0 Å². The summed E-state index contributed by atoms with van der Waals surface area (Å²) in [5.74, 6) is 1.34. The van der Waals surface area contributed by atoms with E-state index in [-0.39, 0.29) is 17.8 Å². The minimum atomic E-state index is 0.0188. The van der Waals surface area contributed by atoms with Crippen LogP contribution in [0.3, 0.4) is 0 Å². The van der Waals surface area contributed by atoms with Crippen LogP contribution < -0.4 is 15.8 Å². The molecule has 0 spiro atoms. The number of amides is 1. The molecule has 3 aliphatic rings. The molecule has 7 nitrogen and oxygen atoms in total. The van der Waals surface area contributed by atoms with E-state index in [0.29, 0.717) is 18.2 Å². The molecule has 1 aliphatic carbocycles. The number of ether oxygens (including phenoxy) is 1. The van der Waals surface area contributed by atoms with Crippen LogP contribution in [-0.2, 0) is 12.8 Å². The minimum absolute atomic E-state index is 0.0188. The van der Waals surface area contributed by atoms with Gasteiger partial charge in [0.1, 0.15) is 5.75 Å². The maximum atomic E-state index is 12.9. The predicted octanol–water partition coefficient (Wildman–Crippen LogP) is 4.67. The number of aliphatic imine (C=N–C) groups is 1. The monoisotopic (exact) mass is 467 g/mol. The molecule has 3 N–H and O–H groups in total. The van der Waals surface area contributed by atoms with Crippen LogP contribution in [0.25, 0.3) is 11.3 Å². The zero-order valence-electron chi connectivity index (χ0n) is 19.7. The predicted molar refractivity (Wildman–Crippen MR) is 136 cm³/mol. The van der Waals surface area contributed by atoms with Crippen molar-refractivity contribution in [2.75, 3.05) is 12.3 Å². The molecule has 0 radical (unpaired) electrons. The third-order valence-corrected chi connectivity index (χ3v) is 7.33. The van der Waals surface area contributed by atoms with E-state index in [2.05, 4.69) is 33.5 Å². The van der Waals surface area contributed by atoms with Crippen molar-refractivity contribution >= 4 is 23.3 Å². The molecule has 3 heterocycles. The molecular formula is C28H29N5O2.